The molecule has 0 radical (unpaired) electrons. The third-order valence-corrected chi connectivity index (χ3v) is 9.07. The minimum atomic E-state index is -0.150. The van der Waals surface area contributed by atoms with Crippen LogP contribution in [0.4, 0.5) is 0 Å². The Labute approximate surface area is 269 Å². The van der Waals surface area contributed by atoms with Crippen molar-refractivity contribution in [1.82, 2.24) is 19.4 Å². The minimum absolute atomic E-state index is 0.0391. The number of hydrogen-bond acceptors (Lipinski definition) is 7. The molecule has 45 heavy (non-hydrogen) atoms. The number of hydrogen-bond donors (Lipinski definition) is 0. The quantitative estimate of drug-likeness (QED) is 0.175. The molecule has 9 nitrogen and oxygen atoms in total. The molecule has 0 spiro atoms. The van der Waals surface area contributed by atoms with Gasteiger partial charge in [-0.2, -0.15) is 0 Å². The van der Waals surface area contributed by atoms with Gasteiger partial charge in [-0.3, -0.25) is 9.59 Å². The number of fused-ring (bicyclic) bond motifs is 1. The number of halogens is 1. The van der Waals surface area contributed by atoms with Crippen molar-refractivity contribution in [2.24, 2.45) is 13.0 Å². The first kappa shape index (κ1) is 32.3. The van der Waals surface area contributed by atoms with Crippen molar-refractivity contribution in [3.05, 3.63) is 82.6 Å². The fourth-order valence-corrected chi connectivity index (χ4v) is 6.47. The number of likely N-dealkylation sites (tertiary alicyclic amines) is 1. The van der Waals surface area contributed by atoms with E-state index in [2.05, 4.69) is 16.0 Å². The van der Waals surface area contributed by atoms with Crippen molar-refractivity contribution in [1.29, 1.82) is 0 Å². The number of amides is 1. The summed E-state index contributed by atoms with van der Waals surface area (Å²) in [6.07, 6.45) is 2.42. The molecule has 0 N–H and O–H groups in total. The highest BCUT2D eigenvalue weighted by molar-refractivity contribution is 6.30. The van der Waals surface area contributed by atoms with Crippen LogP contribution in [0.1, 0.15) is 51.7 Å². The van der Waals surface area contributed by atoms with Gasteiger partial charge in [-0.25, -0.2) is 4.98 Å². The van der Waals surface area contributed by atoms with Crippen LogP contribution < -0.4 is 14.2 Å². The number of para-hydroxylation sites is 2. The van der Waals surface area contributed by atoms with Crippen molar-refractivity contribution in [2.75, 3.05) is 54.6 Å². The van der Waals surface area contributed by atoms with Gasteiger partial charge < -0.3 is 28.6 Å². The Kier molecular flexibility index (Phi) is 10.3. The van der Waals surface area contributed by atoms with E-state index in [1.807, 2.05) is 54.1 Å². The molecule has 10 heteroatoms. The Bertz CT molecular complexity index is 1640. The fraction of sp³-hybridized carbons (Fsp3) is 0.400. The molecular weight excluding hydrogens is 592 g/mol. The molecule has 238 valence electrons. The van der Waals surface area contributed by atoms with Gasteiger partial charge in [0.15, 0.2) is 17.3 Å². The number of carbonyl (C=O) groups excluding carboxylic acids is 2. The smallest absolute Gasteiger partial charge is 0.253 e. The van der Waals surface area contributed by atoms with E-state index in [9.17, 15) is 9.59 Å². The number of carbonyl (C=O) groups is 2. The highest BCUT2D eigenvalue weighted by Gasteiger charge is 2.30. The van der Waals surface area contributed by atoms with Crippen molar-refractivity contribution in [2.45, 2.75) is 25.2 Å². The molecule has 1 unspecified atom stereocenters. The molecule has 1 saturated heterocycles. The number of aryl methyl sites for hydroxylation is 1. The van der Waals surface area contributed by atoms with Crippen LogP contribution in [0.2, 0.25) is 5.02 Å². The van der Waals surface area contributed by atoms with Crippen LogP contribution in [0.5, 0.6) is 17.2 Å². The van der Waals surface area contributed by atoms with E-state index >= 15 is 0 Å². The number of piperidine rings is 1. The van der Waals surface area contributed by atoms with E-state index in [-0.39, 0.29) is 23.5 Å². The Morgan fingerprint density at radius 3 is 2.29 bits per heavy atom. The summed E-state index contributed by atoms with van der Waals surface area (Å²) in [7, 11) is 8.32. The second-order valence-corrected chi connectivity index (χ2v) is 12.0. The molecule has 2 heterocycles. The number of aromatic nitrogens is 2. The van der Waals surface area contributed by atoms with Crippen LogP contribution in [0.25, 0.3) is 11.0 Å². The predicted octanol–water partition coefficient (Wildman–Crippen LogP) is 6.09. The zero-order valence-electron chi connectivity index (χ0n) is 26.6. The maximum Gasteiger partial charge on any atom is 0.253 e. The summed E-state index contributed by atoms with van der Waals surface area (Å²) in [4.78, 5) is 35.8. The van der Waals surface area contributed by atoms with E-state index in [0.29, 0.717) is 40.2 Å². The Balaban J connectivity index is 1.24. The minimum Gasteiger partial charge on any atom is -0.493 e. The summed E-state index contributed by atoms with van der Waals surface area (Å²) >= 11 is 6.39. The maximum absolute atomic E-state index is 13.6. The lowest BCUT2D eigenvalue weighted by Gasteiger charge is -2.33. The van der Waals surface area contributed by atoms with E-state index in [0.717, 1.165) is 55.5 Å². The topological polar surface area (TPSA) is 86.1 Å². The van der Waals surface area contributed by atoms with Gasteiger partial charge in [0.05, 0.1) is 32.4 Å². The average molecular weight is 633 g/mol. The van der Waals surface area contributed by atoms with Crippen LogP contribution in [0, 0.1) is 5.92 Å². The monoisotopic (exact) mass is 632 g/mol. The number of methoxy groups -OCH3 is 3. The number of likely N-dealkylation sites (N-methyl/N-ethyl adjacent to an activating group) is 1. The predicted molar refractivity (Wildman–Crippen MR) is 176 cm³/mol. The largest absolute Gasteiger partial charge is 0.493 e. The Morgan fingerprint density at radius 1 is 0.978 bits per heavy atom. The number of benzene rings is 3. The number of imidazole rings is 1. The standard InChI is InChI=1S/C35H41ClN4O5/c1-38(35(42)26-20-30(43-3)33(45-5)31(21-26)44-4)22-25(24-9-8-10-27(36)19-24)15-18-40-16-13-23(14-17-40)32(41)34-37-28-11-6-7-12-29(28)39(34)2/h6-12,19-21,23,25H,13-18,22H2,1-5H3. The van der Waals surface area contributed by atoms with Crippen molar-refractivity contribution in [3.63, 3.8) is 0 Å². The van der Waals surface area contributed by atoms with Gasteiger partial charge in [-0.05, 0) is 80.9 Å². The second-order valence-electron chi connectivity index (χ2n) is 11.6. The van der Waals surface area contributed by atoms with Crippen LogP contribution in [-0.2, 0) is 7.05 Å². The van der Waals surface area contributed by atoms with Gasteiger partial charge in [-0.1, -0.05) is 35.9 Å². The van der Waals surface area contributed by atoms with E-state index < -0.39 is 0 Å². The molecule has 1 aromatic heterocycles. The van der Waals surface area contributed by atoms with Gasteiger partial charge in [0.2, 0.25) is 11.5 Å². The normalized spacial score (nSPS) is 14.7. The molecule has 3 aromatic carbocycles. The zero-order chi connectivity index (χ0) is 32.1. The van der Waals surface area contributed by atoms with E-state index in [1.165, 1.54) is 21.3 Å². The molecule has 0 saturated carbocycles. The highest BCUT2D eigenvalue weighted by atomic mass is 35.5. The SMILES string of the molecule is COc1cc(C(=O)N(C)CC(CCN2CCC(C(=O)c3nc4ccccc4n3C)CC2)c2cccc(Cl)c2)cc(OC)c1OC. The van der Waals surface area contributed by atoms with Crippen LogP contribution >= 0.6 is 11.6 Å². The summed E-state index contributed by atoms with van der Waals surface area (Å²) in [5.74, 6) is 1.82. The lowest BCUT2D eigenvalue weighted by Crippen LogP contribution is -2.38. The molecule has 0 bridgehead atoms. The number of nitrogens with zero attached hydrogens (tertiary/aromatic N) is 4. The molecule has 1 aliphatic rings. The molecule has 4 aromatic rings. The first-order chi connectivity index (χ1) is 21.7. The van der Waals surface area contributed by atoms with E-state index in [1.54, 1.807) is 24.1 Å². The lowest BCUT2D eigenvalue weighted by atomic mass is 9.90. The lowest BCUT2D eigenvalue weighted by molar-refractivity contribution is 0.0778. The molecule has 0 aliphatic carbocycles. The number of rotatable bonds is 12. The molecular formula is C35H41ClN4O5. The highest BCUT2D eigenvalue weighted by Crippen LogP contribution is 2.38. The van der Waals surface area contributed by atoms with Crippen molar-refractivity contribution >= 4 is 34.3 Å². The molecule has 1 aliphatic heterocycles. The molecule has 1 fully saturated rings. The second kappa shape index (κ2) is 14.3. The summed E-state index contributed by atoms with van der Waals surface area (Å²) < 4.78 is 18.3. The van der Waals surface area contributed by atoms with Crippen LogP contribution in [0.15, 0.2) is 60.7 Å². The van der Waals surface area contributed by atoms with E-state index in [4.69, 9.17) is 25.8 Å². The third-order valence-electron chi connectivity index (χ3n) is 8.83. The summed E-state index contributed by atoms with van der Waals surface area (Å²) in [5.41, 5.74) is 3.35. The molecule has 1 atom stereocenters. The third kappa shape index (κ3) is 7.10. The van der Waals surface area contributed by atoms with Crippen molar-refractivity contribution < 1.29 is 23.8 Å². The van der Waals surface area contributed by atoms with Gasteiger partial charge >= 0.3 is 0 Å². The molecule has 5 rings (SSSR count). The van der Waals surface area contributed by atoms with Gasteiger partial charge in [0, 0.05) is 43.1 Å². The summed E-state index contributed by atoms with van der Waals surface area (Å²) in [6.45, 7) is 3.01. The Hall–Kier alpha value is -4.08. The van der Waals surface area contributed by atoms with Crippen molar-refractivity contribution in [3.8, 4) is 17.2 Å². The zero-order valence-corrected chi connectivity index (χ0v) is 27.3. The fourth-order valence-electron chi connectivity index (χ4n) is 6.27. The maximum atomic E-state index is 13.6. The Morgan fingerprint density at radius 2 is 1.67 bits per heavy atom. The summed E-state index contributed by atoms with van der Waals surface area (Å²) in [5, 5.41) is 0.664. The van der Waals surface area contributed by atoms with Crippen LogP contribution in [0.3, 0.4) is 0 Å². The van der Waals surface area contributed by atoms with Gasteiger partial charge in [0.1, 0.15) is 0 Å². The number of Topliss-reactive ketones (excluding diaryl/α,β-unsaturated/α-hetero) is 1. The first-order valence-corrected chi connectivity index (χ1v) is 15.6. The molecule has 1 amide bonds. The number of ketones is 1. The first-order valence-electron chi connectivity index (χ1n) is 15.2. The van der Waals surface area contributed by atoms with Crippen LogP contribution in [-0.4, -0.2) is 85.6 Å². The summed E-state index contributed by atoms with van der Waals surface area (Å²) in [6, 6.07) is 19.1. The average Bonchev–Trinajstić information content (AvgIpc) is 3.41. The van der Waals surface area contributed by atoms with Gasteiger partial charge in [0.25, 0.3) is 5.91 Å². The number of ether oxygens (including phenoxy) is 3. The van der Waals surface area contributed by atoms with Gasteiger partial charge in [-0.15, -0.1) is 0 Å².